The Morgan fingerprint density at radius 2 is 1.71 bits per heavy atom. The summed E-state index contributed by atoms with van der Waals surface area (Å²) in [6, 6.07) is 16.4. The first-order chi connectivity index (χ1) is 6.95. The van der Waals surface area contributed by atoms with Gasteiger partial charge in [-0.05, 0) is 24.3 Å². The number of nitrogens with zero attached hydrogens (tertiary/aromatic N) is 1. The van der Waals surface area contributed by atoms with Crippen LogP contribution in [0.4, 0.5) is 0 Å². The largest absolute Gasteiger partial charge is 0.260 e. The molecule has 1 nitrogen and oxygen atoms in total. The second-order valence-corrected chi connectivity index (χ2v) is 3.97. The van der Waals surface area contributed by atoms with Crippen molar-refractivity contribution in [2.45, 2.75) is 10.6 Å². The number of hydrogen-bond donors (Lipinski definition) is 0. The van der Waals surface area contributed by atoms with E-state index in [0.29, 0.717) is 0 Å². The summed E-state index contributed by atoms with van der Waals surface area (Å²) >= 11 is 1.81. The summed E-state index contributed by atoms with van der Waals surface area (Å²) in [7, 11) is 0. The molecule has 0 fully saturated rings. The van der Waals surface area contributed by atoms with E-state index in [1.54, 1.807) is 0 Å². The van der Waals surface area contributed by atoms with Crippen LogP contribution in [0, 0.1) is 0 Å². The standard InChI is InChI=1S/C12H11NS/c1-2-7-12(8-3-1)14-10-11-6-4-5-9-13-11/h1-9H,10H2. The Labute approximate surface area is 88.2 Å². The van der Waals surface area contributed by atoms with E-state index in [4.69, 9.17) is 0 Å². The zero-order valence-electron chi connectivity index (χ0n) is 7.76. The molecule has 14 heavy (non-hydrogen) atoms. The van der Waals surface area contributed by atoms with E-state index < -0.39 is 0 Å². The maximum atomic E-state index is 4.27. The Hall–Kier alpha value is -1.28. The predicted molar refractivity (Wildman–Crippen MR) is 60.2 cm³/mol. The SMILES string of the molecule is c1ccc(SCc2ccccn2)cc1. The van der Waals surface area contributed by atoms with Gasteiger partial charge in [-0.1, -0.05) is 24.3 Å². The van der Waals surface area contributed by atoms with Crippen LogP contribution in [0.5, 0.6) is 0 Å². The van der Waals surface area contributed by atoms with Crippen molar-refractivity contribution in [2.24, 2.45) is 0 Å². The lowest BCUT2D eigenvalue weighted by atomic mass is 10.4. The van der Waals surface area contributed by atoms with Crippen LogP contribution in [-0.4, -0.2) is 4.98 Å². The lowest BCUT2D eigenvalue weighted by Gasteiger charge is -1.99. The molecule has 0 spiro atoms. The van der Waals surface area contributed by atoms with Gasteiger partial charge in [-0.3, -0.25) is 4.98 Å². The highest BCUT2D eigenvalue weighted by atomic mass is 32.2. The van der Waals surface area contributed by atoms with E-state index in [1.807, 2.05) is 36.2 Å². The van der Waals surface area contributed by atoms with Crippen molar-refractivity contribution in [1.29, 1.82) is 0 Å². The highest BCUT2D eigenvalue weighted by Gasteiger charge is 1.94. The van der Waals surface area contributed by atoms with Crippen LogP contribution in [0.15, 0.2) is 59.6 Å². The van der Waals surface area contributed by atoms with Gasteiger partial charge in [0.05, 0.1) is 5.69 Å². The van der Waals surface area contributed by atoms with E-state index >= 15 is 0 Å². The topological polar surface area (TPSA) is 12.9 Å². The lowest BCUT2D eigenvalue weighted by molar-refractivity contribution is 1.17. The predicted octanol–water partition coefficient (Wildman–Crippen LogP) is 3.37. The number of rotatable bonds is 3. The summed E-state index contributed by atoms with van der Waals surface area (Å²) in [5.41, 5.74) is 1.13. The molecule has 1 aromatic carbocycles. The zero-order chi connectivity index (χ0) is 9.64. The highest BCUT2D eigenvalue weighted by Crippen LogP contribution is 2.20. The molecule has 0 saturated heterocycles. The number of thioether (sulfide) groups is 1. The van der Waals surface area contributed by atoms with Crippen LogP contribution in [0.25, 0.3) is 0 Å². The van der Waals surface area contributed by atoms with E-state index in [2.05, 4.69) is 35.3 Å². The number of pyridine rings is 1. The van der Waals surface area contributed by atoms with Crippen LogP contribution in [0.2, 0.25) is 0 Å². The van der Waals surface area contributed by atoms with E-state index in [0.717, 1.165) is 11.4 Å². The fourth-order valence-corrected chi connectivity index (χ4v) is 1.99. The third kappa shape index (κ3) is 2.60. The summed E-state index contributed by atoms with van der Waals surface area (Å²) in [5, 5.41) is 0. The minimum absolute atomic E-state index is 0.935. The fraction of sp³-hybridized carbons (Fsp3) is 0.0833. The Kier molecular flexibility index (Phi) is 3.19. The molecule has 0 unspecified atom stereocenters. The molecule has 2 aromatic rings. The molecule has 0 atom stereocenters. The molecule has 1 aromatic heterocycles. The summed E-state index contributed by atoms with van der Waals surface area (Å²) in [6.45, 7) is 0. The van der Waals surface area contributed by atoms with Crippen molar-refractivity contribution in [1.82, 2.24) is 4.98 Å². The fourth-order valence-electron chi connectivity index (χ4n) is 1.16. The minimum Gasteiger partial charge on any atom is -0.260 e. The number of hydrogen-bond acceptors (Lipinski definition) is 2. The molecule has 2 rings (SSSR count). The Bertz CT molecular complexity index is 333. The molecule has 0 radical (unpaired) electrons. The molecule has 0 aliphatic heterocycles. The molecular weight excluding hydrogens is 190 g/mol. The van der Waals surface area contributed by atoms with Crippen molar-refractivity contribution < 1.29 is 0 Å². The first kappa shape index (κ1) is 9.28. The van der Waals surface area contributed by atoms with Gasteiger partial charge in [-0.2, -0.15) is 0 Å². The minimum atomic E-state index is 0.935. The molecule has 0 amide bonds. The normalized spacial score (nSPS) is 10.0. The summed E-state index contributed by atoms with van der Waals surface area (Å²) in [4.78, 5) is 5.56. The van der Waals surface area contributed by atoms with E-state index in [-0.39, 0.29) is 0 Å². The molecule has 0 aliphatic rings. The molecule has 0 bridgehead atoms. The lowest BCUT2D eigenvalue weighted by Crippen LogP contribution is -1.83. The molecular formula is C12H11NS. The van der Waals surface area contributed by atoms with Gasteiger partial charge < -0.3 is 0 Å². The monoisotopic (exact) mass is 201 g/mol. The average Bonchev–Trinajstić information content (AvgIpc) is 2.29. The van der Waals surface area contributed by atoms with Gasteiger partial charge in [-0.15, -0.1) is 11.8 Å². The van der Waals surface area contributed by atoms with Gasteiger partial charge in [0.25, 0.3) is 0 Å². The van der Waals surface area contributed by atoms with Crippen LogP contribution >= 0.6 is 11.8 Å². The Morgan fingerprint density at radius 3 is 2.43 bits per heavy atom. The second kappa shape index (κ2) is 4.82. The molecule has 0 aliphatic carbocycles. The van der Waals surface area contributed by atoms with Crippen LogP contribution < -0.4 is 0 Å². The first-order valence-corrected chi connectivity index (χ1v) is 5.51. The maximum Gasteiger partial charge on any atom is 0.0506 e. The van der Waals surface area contributed by atoms with Gasteiger partial charge in [0.2, 0.25) is 0 Å². The number of aromatic nitrogens is 1. The van der Waals surface area contributed by atoms with E-state index in [1.165, 1.54) is 4.90 Å². The van der Waals surface area contributed by atoms with Crippen molar-refractivity contribution in [3.8, 4) is 0 Å². The molecule has 0 N–H and O–H groups in total. The number of benzene rings is 1. The van der Waals surface area contributed by atoms with Gasteiger partial charge in [-0.25, -0.2) is 0 Å². The molecule has 1 heterocycles. The van der Waals surface area contributed by atoms with Crippen molar-refractivity contribution in [3.05, 3.63) is 60.4 Å². The molecule has 2 heteroatoms. The zero-order valence-corrected chi connectivity index (χ0v) is 8.58. The smallest absolute Gasteiger partial charge is 0.0506 e. The second-order valence-electron chi connectivity index (χ2n) is 2.92. The van der Waals surface area contributed by atoms with E-state index in [9.17, 15) is 0 Å². The molecule has 70 valence electrons. The summed E-state index contributed by atoms with van der Waals surface area (Å²) in [5.74, 6) is 0.935. The van der Waals surface area contributed by atoms with Crippen LogP contribution in [0.1, 0.15) is 5.69 Å². The first-order valence-electron chi connectivity index (χ1n) is 4.53. The quantitative estimate of drug-likeness (QED) is 0.706. The van der Waals surface area contributed by atoms with Crippen molar-refractivity contribution >= 4 is 11.8 Å². The van der Waals surface area contributed by atoms with Gasteiger partial charge in [0, 0.05) is 16.8 Å². The highest BCUT2D eigenvalue weighted by molar-refractivity contribution is 7.98. The van der Waals surface area contributed by atoms with Crippen molar-refractivity contribution in [2.75, 3.05) is 0 Å². The van der Waals surface area contributed by atoms with Gasteiger partial charge in [0.1, 0.15) is 0 Å². The Morgan fingerprint density at radius 1 is 0.929 bits per heavy atom. The Balaban J connectivity index is 1.96. The molecule has 0 saturated carbocycles. The van der Waals surface area contributed by atoms with Crippen molar-refractivity contribution in [3.63, 3.8) is 0 Å². The average molecular weight is 201 g/mol. The van der Waals surface area contributed by atoms with Gasteiger partial charge in [0.15, 0.2) is 0 Å². The van der Waals surface area contributed by atoms with Crippen LogP contribution in [0.3, 0.4) is 0 Å². The summed E-state index contributed by atoms with van der Waals surface area (Å²) in [6.07, 6.45) is 1.83. The summed E-state index contributed by atoms with van der Waals surface area (Å²) < 4.78 is 0. The van der Waals surface area contributed by atoms with Gasteiger partial charge >= 0.3 is 0 Å². The third-order valence-electron chi connectivity index (χ3n) is 1.86. The third-order valence-corrected chi connectivity index (χ3v) is 2.90. The maximum absolute atomic E-state index is 4.27. The van der Waals surface area contributed by atoms with Crippen LogP contribution in [-0.2, 0) is 5.75 Å².